The number of ether oxygens (including phenoxy) is 2. The maximum Gasteiger partial charge on any atom is 0.328 e. The standard InChI is InChI=1S/C15H14FNO6/c1-8-10-5-4-9(16)6-11(10)12(7-17(20)21)15(8,13(18)22-2)14(19)23-3/h4-6,12H,1,7H2,2-3H3/t12-/m1/s1. The van der Waals surface area contributed by atoms with Crippen LogP contribution >= 0.6 is 0 Å². The summed E-state index contributed by atoms with van der Waals surface area (Å²) >= 11 is 0. The van der Waals surface area contributed by atoms with Crippen molar-refractivity contribution in [2.75, 3.05) is 20.8 Å². The van der Waals surface area contributed by atoms with Crippen LogP contribution in [0.2, 0.25) is 0 Å². The molecule has 1 aliphatic rings. The molecule has 2 rings (SSSR count). The highest BCUT2D eigenvalue weighted by molar-refractivity contribution is 6.15. The van der Waals surface area contributed by atoms with E-state index in [-0.39, 0.29) is 11.1 Å². The summed E-state index contributed by atoms with van der Waals surface area (Å²) in [6.07, 6.45) is 0. The number of hydrogen-bond donors (Lipinski definition) is 0. The number of hydrogen-bond acceptors (Lipinski definition) is 6. The molecule has 1 atom stereocenters. The summed E-state index contributed by atoms with van der Waals surface area (Å²) in [5.74, 6) is -3.97. The van der Waals surface area contributed by atoms with Crippen molar-refractivity contribution in [3.63, 3.8) is 0 Å². The van der Waals surface area contributed by atoms with Gasteiger partial charge in [-0.1, -0.05) is 12.6 Å². The Balaban J connectivity index is 2.78. The molecule has 0 heterocycles. The van der Waals surface area contributed by atoms with Crippen molar-refractivity contribution in [1.82, 2.24) is 0 Å². The first kappa shape index (κ1) is 16.6. The second-order valence-electron chi connectivity index (χ2n) is 5.07. The van der Waals surface area contributed by atoms with Crippen molar-refractivity contribution in [1.29, 1.82) is 0 Å². The number of nitrogens with zero attached hydrogens (tertiary/aromatic N) is 1. The van der Waals surface area contributed by atoms with Gasteiger partial charge in [0.05, 0.1) is 20.1 Å². The first-order chi connectivity index (χ1) is 10.8. The van der Waals surface area contributed by atoms with Gasteiger partial charge < -0.3 is 9.47 Å². The van der Waals surface area contributed by atoms with E-state index in [4.69, 9.17) is 0 Å². The molecule has 0 unspecified atom stereocenters. The molecule has 0 bridgehead atoms. The van der Waals surface area contributed by atoms with Crippen LogP contribution < -0.4 is 0 Å². The second-order valence-corrected chi connectivity index (χ2v) is 5.07. The van der Waals surface area contributed by atoms with Gasteiger partial charge >= 0.3 is 11.9 Å². The summed E-state index contributed by atoms with van der Waals surface area (Å²) in [6.45, 7) is 2.95. The lowest BCUT2D eigenvalue weighted by molar-refractivity contribution is -0.484. The highest BCUT2D eigenvalue weighted by Crippen LogP contribution is 2.55. The van der Waals surface area contributed by atoms with Gasteiger partial charge in [0.25, 0.3) is 0 Å². The van der Waals surface area contributed by atoms with Crippen LogP contribution in [0.5, 0.6) is 0 Å². The van der Waals surface area contributed by atoms with E-state index in [1.54, 1.807) is 0 Å². The van der Waals surface area contributed by atoms with E-state index in [0.29, 0.717) is 5.56 Å². The monoisotopic (exact) mass is 323 g/mol. The lowest BCUT2D eigenvalue weighted by atomic mass is 9.73. The number of esters is 2. The summed E-state index contributed by atoms with van der Waals surface area (Å²) in [5, 5.41) is 11.0. The third-order valence-electron chi connectivity index (χ3n) is 4.06. The minimum absolute atomic E-state index is 0.00181. The number of nitro groups is 1. The molecule has 0 N–H and O–H groups in total. The van der Waals surface area contributed by atoms with Crippen molar-refractivity contribution in [2.24, 2.45) is 5.41 Å². The van der Waals surface area contributed by atoms with Gasteiger partial charge in [-0.25, -0.2) is 4.39 Å². The van der Waals surface area contributed by atoms with E-state index in [1.165, 1.54) is 6.07 Å². The number of benzene rings is 1. The fraction of sp³-hybridized carbons (Fsp3) is 0.333. The van der Waals surface area contributed by atoms with Gasteiger partial charge in [-0.2, -0.15) is 0 Å². The Morgan fingerprint density at radius 1 is 1.35 bits per heavy atom. The van der Waals surface area contributed by atoms with Crippen molar-refractivity contribution < 1.29 is 28.4 Å². The summed E-state index contributed by atoms with van der Waals surface area (Å²) in [7, 11) is 2.10. The molecule has 0 radical (unpaired) electrons. The Hall–Kier alpha value is -2.77. The van der Waals surface area contributed by atoms with E-state index >= 15 is 0 Å². The molecule has 1 aromatic rings. The van der Waals surface area contributed by atoms with Crippen molar-refractivity contribution in [3.8, 4) is 0 Å². The molecule has 0 saturated carbocycles. The molecule has 0 saturated heterocycles. The topological polar surface area (TPSA) is 95.7 Å². The Bertz CT molecular complexity index is 698. The van der Waals surface area contributed by atoms with Crippen molar-refractivity contribution in [2.45, 2.75) is 5.92 Å². The second kappa shape index (κ2) is 5.79. The SMILES string of the molecule is C=C1c2ccc(F)cc2[C@@H](C[N+](=O)[O-])C1(C(=O)OC)C(=O)OC. The first-order valence-electron chi connectivity index (χ1n) is 6.58. The van der Waals surface area contributed by atoms with Crippen LogP contribution in [0, 0.1) is 21.3 Å². The van der Waals surface area contributed by atoms with E-state index < -0.39 is 40.6 Å². The van der Waals surface area contributed by atoms with Gasteiger partial charge in [0.15, 0.2) is 0 Å². The van der Waals surface area contributed by atoms with E-state index in [1.807, 2.05) is 0 Å². The average Bonchev–Trinajstić information content (AvgIpc) is 2.75. The van der Waals surface area contributed by atoms with E-state index in [0.717, 1.165) is 26.4 Å². The molecule has 0 fully saturated rings. The molecule has 1 aromatic carbocycles. The van der Waals surface area contributed by atoms with Crippen LogP contribution in [0.3, 0.4) is 0 Å². The van der Waals surface area contributed by atoms with Gasteiger partial charge in [-0.15, -0.1) is 0 Å². The summed E-state index contributed by atoms with van der Waals surface area (Å²) in [5.41, 5.74) is -1.65. The smallest absolute Gasteiger partial charge is 0.328 e. The molecule has 0 amide bonds. The minimum atomic E-state index is -2.10. The summed E-state index contributed by atoms with van der Waals surface area (Å²) in [4.78, 5) is 35.1. The molecular weight excluding hydrogens is 309 g/mol. The normalized spacial score (nSPS) is 18.2. The third-order valence-corrected chi connectivity index (χ3v) is 4.06. The van der Waals surface area contributed by atoms with Gasteiger partial charge in [-0.3, -0.25) is 19.7 Å². The molecular formula is C15H14FNO6. The first-order valence-corrected chi connectivity index (χ1v) is 6.58. The molecule has 7 nitrogen and oxygen atoms in total. The number of carbonyl (C=O) groups excluding carboxylic acids is 2. The zero-order valence-electron chi connectivity index (χ0n) is 12.5. The van der Waals surface area contributed by atoms with Gasteiger partial charge in [-0.05, 0) is 28.8 Å². The molecule has 0 aromatic heterocycles. The Morgan fingerprint density at radius 2 is 1.91 bits per heavy atom. The van der Waals surface area contributed by atoms with Crippen LogP contribution in [0.15, 0.2) is 24.8 Å². The van der Waals surface area contributed by atoms with E-state index in [2.05, 4.69) is 16.1 Å². The van der Waals surface area contributed by atoms with Crippen LogP contribution in [0.25, 0.3) is 5.57 Å². The largest absolute Gasteiger partial charge is 0.468 e. The molecule has 8 heteroatoms. The van der Waals surface area contributed by atoms with Gasteiger partial charge in [0.2, 0.25) is 12.0 Å². The summed E-state index contributed by atoms with van der Waals surface area (Å²) in [6, 6.07) is 3.51. The Morgan fingerprint density at radius 3 is 2.39 bits per heavy atom. The fourth-order valence-corrected chi connectivity index (χ4v) is 3.07. The quantitative estimate of drug-likeness (QED) is 0.361. The van der Waals surface area contributed by atoms with Crippen LogP contribution in [-0.4, -0.2) is 37.6 Å². The molecule has 122 valence electrons. The lowest BCUT2D eigenvalue weighted by Gasteiger charge is -2.29. The number of halogens is 1. The predicted molar refractivity (Wildman–Crippen MR) is 76.5 cm³/mol. The van der Waals surface area contributed by atoms with Crippen LogP contribution in [-0.2, 0) is 19.1 Å². The van der Waals surface area contributed by atoms with Crippen LogP contribution in [0.4, 0.5) is 4.39 Å². The van der Waals surface area contributed by atoms with Crippen molar-refractivity contribution >= 4 is 17.5 Å². The zero-order chi connectivity index (χ0) is 17.4. The number of fused-ring (bicyclic) bond motifs is 1. The van der Waals surface area contributed by atoms with Crippen molar-refractivity contribution in [3.05, 3.63) is 51.8 Å². The van der Waals surface area contributed by atoms with Gasteiger partial charge in [0.1, 0.15) is 5.82 Å². The Labute approximate surface area is 130 Å². The molecule has 0 spiro atoms. The molecule has 1 aliphatic carbocycles. The number of carbonyl (C=O) groups is 2. The van der Waals surface area contributed by atoms with Crippen LogP contribution in [0.1, 0.15) is 17.0 Å². The average molecular weight is 323 g/mol. The third kappa shape index (κ3) is 2.26. The summed E-state index contributed by atoms with van der Waals surface area (Å²) < 4.78 is 23.0. The lowest BCUT2D eigenvalue weighted by Crippen LogP contribution is -2.45. The molecule has 23 heavy (non-hydrogen) atoms. The van der Waals surface area contributed by atoms with E-state index in [9.17, 15) is 24.1 Å². The number of methoxy groups -OCH3 is 2. The molecule has 0 aliphatic heterocycles. The maximum atomic E-state index is 13.6. The highest BCUT2D eigenvalue weighted by Gasteiger charge is 2.63. The Kier molecular flexibility index (Phi) is 4.18. The fourth-order valence-electron chi connectivity index (χ4n) is 3.07. The maximum absolute atomic E-state index is 13.6. The van der Waals surface area contributed by atoms with Gasteiger partial charge in [0, 0.05) is 4.92 Å². The predicted octanol–water partition coefficient (Wildman–Crippen LogP) is 1.55. The minimum Gasteiger partial charge on any atom is -0.468 e. The number of rotatable bonds is 4. The highest BCUT2D eigenvalue weighted by atomic mass is 19.1. The zero-order valence-corrected chi connectivity index (χ0v) is 12.5.